The standard InChI is InChI=1S/C15H18N4OS/c1-19-13(7-9-18-19)6-8-17-14(20)10-11-2-4-12(5-3-11)15(16)21/h2-5,7,9H,6,8,10H2,1H3,(H2,16,21)(H,17,20). The van der Waals surface area contributed by atoms with E-state index in [1.807, 2.05) is 37.4 Å². The fourth-order valence-electron chi connectivity index (χ4n) is 2.01. The first-order valence-corrected chi connectivity index (χ1v) is 7.09. The minimum atomic E-state index is 0.000225. The summed E-state index contributed by atoms with van der Waals surface area (Å²) in [6.45, 7) is 0.601. The molecule has 0 atom stereocenters. The molecule has 5 nitrogen and oxygen atoms in total. The van der Waals surface area contributed by atoms with E-state index in [-0.39, 0.29) is 5.91 Å². The Kier molecular flexibility index (Phi) is 5.05. The van der Waals surface area contributed by atoms with E-state index >= 15 is 0 Å². The Bertz CT molecular complexity index is 633. The van der Waals surface area contributed by atoms with Gasteiger partial charge in [0.1, 0.15) is 4.99 Å². The molecule has 0 unspecified atom stereocenters. The van der Waals surface area contributed by atoms with Crippen LogP contribution in [0.15, 0.2) is 36.5 Å². The Morgan fingerprint density at radius 2 is 2.05 bits per heavy atom. The molecule has 1 heterocycles. The monoisotopic (exact) mass is 302 g/mol. The molecule has 2 aromatic rings. The molecule has 0 radical (unpaired) electrons. The van der Waals surface area contributed by atoms with Crippen LogP contribution >= 0.6 is 12.2 Å². The molecule has 0 aliphatic carbocycles. The number of aromatic nitrogens is 2. The van der Waals surface area contributed by atoms with E-state index in [1.165, 1.54) is 0 Å². The maximum atomic E-state index is 11.9. The second kappa shape index (κ2) is 6.99. The number of benzene rings is 1. The lowest BCUT2D eigenvalue weighted by Crippen LogP contribution is -2.27. The third-order valence-electron chi connectivity index (χ3n) is 3.23. The fraction of sp³-hybridized carbons (Fsp3) is 0.267. The molecule has 1 amide bonds. The molecule has 0 saturated heterocycles. The van der Waals surface area contributed by atoms with Gasteiger partial charge in [0.25, 0.3) is 0 Å². The highest BCUT2D eigenvalue weighted by molar-refractivity contribution is 7.80. The number of carbonyl (C=O) groups is 1. The largest absolute Gasteiger partial charge is 0.389 e. The van der Waals surface area contributed by atoms with E-state index in [4.69, 9.17) is 18.0 Å². The summed E-state index contributed by atoms with van der Waals surface area (Å²) in [6.07, 6.45) is 2.87. The van der Waals surface area contributed by atoms with Gasteiger partial charge < -0.3 is 11.1 Å². The first kappa shape index (κ1) is 15.2. The average molecular weight is 302 g/mol. The number of nitrogens with two attached hydrogens (primary N) is 1. The third-order valence-corrected chi connectivity index (χ3v) is 3.46. The maximum Gasteiger partial charge on any atom is 0.224 e. The van der Waals surface area contributed by atoms with Gasteiger partial charge >= 0.3 is 0 Å². The SMILES string of the molecule is Cn1nccc1CCNC(=O)Cc1ccc(C(N)=S)cc1. The number of nitrogens with one attached hydrogen (secondary N) is 1. The Labute approximate surface area is 129 Å². The lowest BCUT2D eigenvalue weighted by Gasteiger charge is -2.06. The highest BCUT2D eigenvalue weighted by Gasteiger charge is 2.05. The van der Waals surface area contributed by atoms with Gasteiger partial charge in [0.15, 0.2) is 0 Å². The van der Waals surface area contributed by atoms with Gasteiger partial charge in [0.05, 0.1) is 6.42 Å². The van der Waals surface area contributed by atoms with Crippen LogP contribution in [0.5, 0.6) is 0 Å². The van der Waals surface area contributed by atoms with Gasteiger partial charge in [0, 0.05) is 37.5 Å². The Hall–Kier alpha value is -2.21. The van der Waals surface area contributed by atoms with E-state index in [9.17, 15) is 4.79 Å². The minimum absolute atomic E-state index is 0.000225. The molecule has 0 aliphatic rings. The lowest BCUT2D eigenvalue weighted by atomic mass is 10.1. The van der Waals surface area contributed by atoms with Crippen molar-refractivity contribution in [3.05, 3.63) is 53.3 Å². The van der Waals surface area contributed by atoms with Crippen LogP contribution in [0.3, 0.4) is 0 Å². The van der Waals surface area contributed by atoms with Crippen molar-refractivity contribution in [1.29, 1.82) is 0 Å². The van der Waals surface area contributed by atoms with Crippen LogP contribution in [0.1, 0.15) is 16.8 Å². The summed E-state index contributed by atoms with van der Waals surface area (Å²) in [5.41, 5.74) is 8.38. The molecule has 1 aromatic heterocycles. The predicted octanol–water partition coefficient (Wildman–Crippen LogP) is 0.956. The number of hydrogen-bond acceptors (Lipinski definition) is 3. The zero-order valence-corrected chi connectivity index (χ0v) is 12.7. The number of hydrogen-bond donors (Lipinski definition) is 2. The van der Waals surface area contributed by atoms with E-state index in [1.54, 1.807) is 10.9 Å². The van der Waals surface area contributed by atoms with Crippen molar-refractivity contribution >= 4 is 23.1 Å². The summed E-state index contributed by atoms with van der Waals surface area (Å²) in [5.74, 6) is 0.000225. The molecule has 3 N–H and O–H groups in total. The van der Waals surface area contributed by atoms with Crippen molar-refractivity contribution in [2.24, 2.45) is 12.8 Å². The van der Waals surface area contributed by atoms with Crippen LogP contribution < -0.4 is 11.1 Å². The normalized spacial score (nSPS) is 10.3. The number of nitrogens with zero attached hydrogens (tertiary/aromatic N) is 2. The summed E-state index contributed by atoms with van der Waals surface area (Å²) in [7, 11) is 1.89. The first-order valence-electron chi connectivity index (χ1n) is 6.68. The van der Waals surface area contributed by atoms with Crippen molar-refractivity contribution in [3.8, 4) is 0 Å². The fourth-order valence-corrected chi connectivity index (χ4v) is 2.15. The topological polar surface area (TPSA) is 72.9 Å². The van der Waals surface area contributed by atoms with E-state index < -0.39 is 0 Å². The van der Waals surface area contributed by atoms with Crippen molar-refractivity contribution < 1.29 is 4.79 Å². The van der Waals surface area contributed by atoms with E-state index in [0.717, 1.165) is 23.2 Å². The van der Waals surface area contributed by atoms with Gasteiger partial charge in [-0.05, 0) is 11.6 Å². The van der Waals surface area contributed by atoms with Crippen molar-refractivity contribution in [2.45, 2.75) is 12.8 Å². The van der Waals surface area contributed by atoms with Crippen molar-refractivity contribution in [1.82, 2.24) is 15.1 Å². The van der Waals surface area contributed by atoms with Gasteiger partial charge in [-0.3, -0.25) is 9.48 Å². The number of amides is 1. The lowest BCUT2D eigenvalue weighted by molar-refractivity contribution is -0.120. The minimum Gasteiger partial charge on any atom is -0.389 e. The maximum absolute atomic E-state index is 11.9. The molecule has 0 saturated carbocycles. The van der Waals surface area contributed by atoms with Gasteiger partial charge in [0.2, 0.25) is 5.91 Å². The van der Waals surface area contributed by atoms with Gasteiger partial charge in [-0.2, -0.15) is 5.10 Å². The first-order chi connectivity index (χ1) is 10.1. The van der Waals surface area contributed by atoms with Gasteiger partial charge in [-0.25, -0.2) is 0 Å². The van der Waals surface area contributed by atoms with Crippen LogP contribution in [0.4, 0.5) is 0 Å². The summed E-state index contributed by atoms with van der Waals surface area (Å²) in [6, 6.07) is 9.35. The quantitative estimate of drug-likeness (QED) is 0.780. The molecular formula is C15H18N4OS. The van der Waals surface area contributed by atoms with Crippen LogP contribution in [0, 0.1) is 0 Å². The zero-order valence-electron chi connectivity index (χ0n) is 11.9. The summed E-state index contributed by atoms with van der Waals surface area (Å²) < 4.78 is 1.81. The van der Waals surface area contributed by atoms with E-state index in [0.29, 0.717) is 18.0 Å². The molecule has 1 aromatic carbocycles. The second-order valence-electron chi connectivity index (χ2n) is 4.78. The number of carbonyl (C=O) groups excluding carboxylic acids is 1. The highest BCUT2D eigenvalue weighted by atomic mass is 32.1. The predicted molar refractivity (Wildman–Crippen MR) is 86.0 cm³/mol. The van der Waals surface area contributed by atoms with Crippen LogP contribution in [-0.4, -0.2) is 27.2 Å². The molecule has 6 heteroatoms. The molecular weight excluding hydrogens is 284 g/mol. The molecule has 0 bridgehead atoms. The third kappa shape index (κ3) is 4.39. The van der Waals surface area contributed by atoms with Crippen LogP contribution in [0.25, 0.3) is 0 Å². The molecule has 0 aliphatic heterocycles. The number of thiocarbonyl (C=S) groups is 1. The van der Waals surface area contributed by atoms with Crippen molar-refractivity contribution in [3.63, 3.8) is 0 Å². The smallest absolute Gasteiger partial charge is 0.224 e. The summed E-state index contributed by atoms with van der Waals surface area (Å²) in [4.78, 5) is 12.2. The van der Waals surface area contributed by atoms with Crippen LogP contribution in [-0.2, 0) is 24.7 Å². The van der Waals surface area contributed by atoms with Gasteiger partial charge in [-0.1, -0.05) is 36.5 Å². The summed E-state index contributed by atoms with van der Waals surface area (Å²) >= 11 is 4.89. The molecule has 0 spiro atoms. The zero-order chi connectivity index (χ0) is 15.2. The molecule has 2 rings (SSSR count). The number of aryl methyl sites for hydroxylation is 1. The van der Waals surface area contributed by atoms with E-state index in [2.05, 4.69) is 10.4 Å². The molecule has 110 valence electrons. The average Bonchev–Trinajstić information content (AvgIpc) is 2.85. The Morgan fingerprint density at radius 1 is 1.33 bits per heavy atom. The second-order valence-corrected chi connectivity index (χ2v) is 5.22. The highest BCUT2D eigenvalue weighted by Crippen LogP contribution is 2.05. The molecule has 21 heavy (non-hydrogen) atoms. The summed E-state index contributed by atoms with van der Waals surface area (Å²) in [5, 5.41) is 6.99. The Balaban J connectivity index is 1.79. The Morgan fingerprint density at radius 3 is 2.62 bits per heavy atom. The van der Waals surface area contributed by atoms with Crippen LogP contribution in [0.2, 0.25) is 0 Å². The molecule has 0 fully saturated rings. The number of rotatable bonds is 6. The van der Waals surface area contributed by atoms with Gasteiger partial charge in [-0.15, -0.1) is 0 Å². The van der Waals surface area contributed by atoms with Crippen molar-refractivity contribution in [2.75, 3.05) is 6.54 Å².